The molecule has 0 aliphatic heterocycles. The van der Waals surface area contributed by atoms with Crippen LogP contribution in [-0.2, 0) is 20.0 Å². The molecule has 102 valence electrons. The van der Waals surface area contributed by atoms with Gasteiger partial charge < -0.3 is 0 Å². The summed E-state index contributed by atoms with van der Waals surface area (Å²) in [7, 11) is -4.26. The van der Waals surface area contributed by atoms with Crippen molar-refractivity contribution in [2.75, 3.05) is 23.5 Å². The molecule has 0 spiro atoms. The van der Waals surface area contributed by atoms with Crippen molar-refractivity contribution in [3.8, 4) is 0 Å². The lowest BCUT2D eigenvalue weighted by Crippen LogP contribution is -2.22. The van der Waals surface area contributed by atoms with E-state index in [2.05, 4.69) is 20.7 Å². The summed E-state index contributed by atoms with van der Waals surface area (Å²) >= 11 is 2.83. The van der Waals surface area contributed by atoms with Gasteiger partial charge in [-0.15, -0.1) is 0 Å². The summed E-state index contributed by atoms with van der Waals surface area (Å²) in [6.45, 7) is 0. The molecular weight excluding hydrogens is 344 g/mol. The number of halogens is 1. The van der Waals surface area contributed by atoms with E-state index in [1.807, 2.05) is 0 Å². The van der Waals surface area contributed by atoms with Crippen LogP contribution in [0.4, 0.5) is 5.69 Å². The number of hydrogen-bond acceptors (Lipinski definition) is 4. The number of hydrogen-bond donors (Lipinski definition) is 1. The Hall–Kier alpha value is -0.640. The van der Waals surface area contributed by atoms with Crippen molar-refractivity contribution in [2.45, 2.75) is 4.90 Å². The Kier molecular flexibility index (Phi) is 4.76. The molecule has 0 saturated heterocycles. The smallest absolute Gasteiger partial charge is 0.242 e. The Morgan fingerprint density at radius 3 is 2.33 bits per heavy atom. The molecule has 0 unspecified atom stereocenters. The number of sulfonamides is 2. The first-order valence-corrected chi connectivity index (χ1v) is 8.99. The Morgan fingerprint density at radius 1 is 1.22 bits per heavy atom. The lowest BCUT2D eigenvalue weighted by Gasteiger charge is -2.12. The topological polar surface area (TPSA) is 83.6 Å². The number of benzene rings is 1. The van der Waals surface area contributed by atoms with E-state index in [4.69, 9.17) is 0 Å². The Morgan fingerprint density at radius 2 is 1.83 bits per heavy atom. The van der Waals surface area contributed by atoms with Crippen LogP contribution in [0.1, 0.15) is 0 Å². The van der Waals surface area contributed by atoms with Crippen LogP contribution < -0.4 is 4.72 Å². The molecule has 0 aromatic heterocycles. The molecule has 0 saturated carbocycles. The van der Waals surface area contributed by atoms with E-state index in [0.717, 1.165) is 4.31 Å². The van der Waals surface area contributed by atoms with E-state index in [9.17, 15) is 16.8 Å². The molecule has 6 nitrogen and oxygen atoms in total. The van der Waals surface area contributed by atoms with Crippen LogP contribution in [-0.4, -0.2) is 39.9 Å². The second-order valence-electron chi connectivity index (χ2n) is 3.64. The minimum atomic E-state index is -3.57. The summed E-state index contributed by atoms with van der Waals surface area (Å²) in [6.07, 6.45) is 0. The number of rotatable bonds is 5. The van der Waals surface area contributed by atoms with Crippen molar-refractivity contribution in [1.82, 2.24) is 4.31 Å². The van der Waals surface area contributed by atoms with E-state index in [1.54, 1.807) is 0 Å². The molecule has 0 atom stereocenters. The van der Waals surface area contributed by atoms with Gasteiger partial charge in [0.2, 0.25) is 20.0 Å². The van der Waals surface area contributed by atoms with Gasteiger partial charge in [-0.25, -0.2) is 21.1 Å². The largest absolute Gasteiger partial charge is 0.283 e. The summed E-state index contributed by atoms with van der Waals surface area (Å²) in [6, 6.07) is 5.63. The first-order chi connectivity index (χ1) is 8.19. The van der Waals surface area contributed by atoms with Gasteiger partial charge in [-0.05, 0) is 18.2 Å². The molecule has 1 N–H and O–H groups in total. The number of alkyl halides is 1. The van der Waals surface area contributed by atoms with Crippen molar-refractivity contribution in [3.63, 3.8) is 0 Å². The predicted molar refractivity (Wildman–Crippen MR) is 73.7 cm³/mol. The second-order valence-corrected chi connectivity index (χ2v) is 8.82. The third-order valence-corrected chi connectivity index (χ3v) is 6.48. The molecule has 9 heteroatoms. The first kappa shape index (κ1) is 15.4. The SMILES string of the molecule is CN(C)S(=O)(=O)c1cccc(NS(=O)(=O)CBr)c1. The average molecular weight is 357 g/mol. The fourth-order valence-electron chi connectivity index (χ4n) is 1.14. The van der Waals surface area contributed by atoms with Gasteiger partial charge in [0, 0.05) is 19.8 Å². The fourth-order valence-corrected chi connectivity index (χ4v) is 2.97. The van der Waals surface area contributed by atoms with E-state index < -0.39 is 20.0 Å². The third kappa shape index (κ3) is 3.67. The van der Waals surface area contributed by atoms with Gasteiger partial charge >= 0.3 is 0 Å². The minimum Gasteiger partial charge on any atom is -0.283 e. The molecule has 0 radical (unpaired) electrons. The molecule has 1 aromatic carbocycles. The quantitative estimate of drug-likeness (QED) is 0.798. The third-order valence-electron chi connectivity index (χ3n) is 2.03. The van der Waals surface area contributed by atoms with Gasteiger partial charge in [0.05, 0.1) is 4.90 Å². The zero-order chi connectivity index (χ0) is 14.0. The van der Waals surface area contributed by atoms with Gasteiger partial charge in [-0.1, -0.05) is 22.0 Å². The summed E-state index contributed by atoms with van der Waals surface area (Å²) in [5.41, 5.74) is 0.206. The Labute approximate surface area is 115 Å². The molecule has 0 amide bonds. The molecule has 0 aliphatic carbocycles. The monoisotopic (exact) mass is 356 g/mol. The molecule has 0 aliphatic rings. The van der Waals surface area contributed by atoms with Crippen LogP contribution in [0.3, 0.4) is 0 Å². The molecule has 0 heterocycles. The van der Waals surface area contributed by atoms with Gasteiger partial charge in [-0.2, -0.15) is 0 Å². The number of nitrogens with one attached hydrogen (secondary N) is 1. The highest BCUT2D eigenvalue weighted by Gasteiger charge is 2.18. The molecule has 0 fully saturated rings. The molecular formula is C9H13BrN2O4S2. The van der Waals surface area contributed by atoms with Crippen LogP contribution in [0.2, 0.25) is 0 Å². The second kappa shape index (κ2) is 5.55. The summed E-state index contributed by atoms with van der Waals surface area (Å²) in [5, 5.41) is 0. The normalized spacial score (nSPS) is 12.7. The van der Waals surface area contributed by atoms with Crippen molar-refractivity contribution in [3.05, 3.63) is 24.3 Å². The average Bonchev–Trinajstić information content (AvgIpc) is 2.28. The van der Waals surface area contributed by atoms with Gasteiger partial charge in [0.25, 0.3) is 0 Å². The van der Waals surface area contributed by atoms with Gasteiger partial charge in [0.1, 0.15) is 4.66 Å². The highest BCUT2D eigenvalue weighted by molar-refractivity contribution is 9.10. The maximum Gasteiger partial charge on any atom is 0.242 e. The first-order valence-electron chi connectivity index (χ1n) is 4.78. The lowest BCUT2D eigenvalue weighted by atomic mass is 10.3. The van der Waals surface area contributed by atoms with Crippen LogP contribution in [0.25, 0.3) is 0 Å². The summed E-state index contributed by atoms with van der Waals surface area (Å²) in [5.74, 6) is 0. The minimum absolute atomic E-state index is 0.0299. The van der Waals surface area contributed by atoms with Crippen molar-refractivity contribution in [2.24, 2.45) is 0 Å². The highest BCUT2D eigenvalue weighted by atomic mass is 79.9. The van der Waals surface area contributed by atoms with E-state index in [-0.39, 0.29) is 15.2 Å². The molecule has 18 heavy (non-hydrogen) atoms. The Balaban J connectivity index is 3.16. The Bertz CT molecular complexity index is 626. The molecule has 0 bridgehead atoms. The zero-order valence-corrected chi connectivity index (χ0v) is 13.0. The van der Waals surface area contributed by atoms with Gasteiger partial charge in [0.15, 0.2) is 0 Å². The predicted octanol–water partition coefficient (Wildman–Crippen LogP) is 1.03. The van der Waals surface area contributed by atoms with Crippen molar-refractivity contribution < 1.29 is 16.8 Å². The number of nitrogens with zero attached hydrogens (tertiary/aromatic N) is 1. The maximum absolute atomic E-state index is 11.9. The zero-order valence-electron chi connectivity index (χ0n) is 9.79. The van der Waals surface area contributed by atoms with Crippen molar-refractivity contribution >= 4 is 41.7 Å². The van der Waals surface area contributed by atoms with Crippen molar-refractivity contribution in [1.29, 1.82) is 0 Å². The van der Waals surface area contributed by atoms with E-state index in [0.29, 0.717) is 0 Å². The molecule has 1 aromatic rings. The standard InChI is InChI=1S/C9H13BrN2O4S2/c1-12(2)18(15,16)9-5-3-4-8(6-9)11-17(13,14)7-10/h3-6,11H,7H2,1-2H3. The lowest BCUT2D eigenvalue weighted by molar-refractivity contribution is 0.521. The van der Waals surface area contributed by atoms with Gasteiger partial charge in [-0.3, -0.25) is 4.72 Å². The van der Waals surface area contributed by atoms with Crippen LogP contribution in [0, 0.1) is 0 Å². The summed E-state index contributed by atoms with van der Waals surface area (Å²) in [4.78, 5) is 0.0299. The van der Waals surface area contributed by atoms with E-state index >= 15 is 0 Å². The highest BCUT2D eigenvalue weighted by Crippen LogP contribution is 2.19. The molecule has 1 rings (SSSR count). The maximum atomic E-state index is 11.9. The van der Waals surface area contributed by atoms with Crippen LogP contribution in [0.5, 0.6) is 0 Å². The van der Waals surface area contributed by atoms with Crippen LogP contribution >= 0.6 is 15.9 Å². The van der Waals surface area contributed by atoms with E-state index in [1.165, 1.54) is 38.4 Å². The fraction of sp³-hybridized carbons (Fsp3) is 0.333. The van der Waals surface area contributed by atoms with Crippen LogP contribution in [0.15, 0.2) is 29.2 Å². The summed E-state index contributed by atoms with van der Waals surface area (Å²) < 4.78 is 49.5. The number of anilines is 1.